The van der Waals surface area contributed by atoms with Gasteiger partial charge in [0, 0.05) is 19.2 Å². The van der Waals surface area contributed by atoms with Crippen molar-refractivity contribution in [1.29, 1.82) is 0 Å². The zero-order valence-corrected chi connectivity index (χ0v) is 10.0. The highest BCUT2D eigenvalue weighted by molar-refractivity contribution is 5.31. The molecule has 1 aliphatic rings. The molecule has 1 aromatic rings. The van der Waals surface area contributed by atoms with Crippen molar-refractivity contribution in [3.63, 3.8) is 0 Å². The second kappa shape index (κ2) is 5.46. The third kappa shape index (κ3) is 2.45. The lowest BCUT2D eigenvalue weighted by Crippen LogP contribution is -2.34. The van der Waals surface area contributed by atoms with Crippen LogP contribution in [-0.4, -0.2) is 29.7 Å². The Balaban J connectivity index is 2.00. The van der Waals surface area contributed by atoms with Crippen LogP contribution in [0, 0.1) is 0 Å². The van der Waals surface area contributed by atoms with Crippen molar-refractivity contribution in [2.75, 3.05) is 19.7 Å². The second-order valence-corrected chi connectivity index (χ2v) is 4.59. The van der Waals surface area contributed by atoms with Gasteiger partial charge < -0.3 is 5.11 Å². The summed E-state index contributed by atoms with van der Waals surface area (Å²) in [5.74, 6) is 0. The van der Waals surface area contributed by atoms with E-state index in [0.717, 1.165) is 25.9 Å². The number of benzene rings is 1. The van der Waals surface area contributed by atoms with Gasteiger partial charge in [0.15, 0.2) is 0 Å². The molecule has 1 heterocycles. The average molecular weight is 219 g/mol. The molecular weight excluding hydrogens is 198 g/mol. The molecule has 1 aliphatic heterocycles. The van der Waals surface area contributed by atoms with Gasteiger partial charge in [0.2, 0.25) is 0 Å². The topological polar surface area (TPSA) is 23.5 Å². The summed E-state index contributed by atoms with van der Waals surface area (Å²) in [5, 5.41) is 8.80. The molecule has 0 bridgehead atoms. The lowest BCUT2D eigenvalue weighted by atomic mass is 9.93. The van der Waals surface area contributed by atoms with Gasteiger partial charge in [-0.05, 0) is 43.9 Å². The fourth-order valence-corrected chi connectivity index (χ4v) is 2.56. The van der Waals surface area contributed by atoms with Crippen LogP contribution in [0.25, 0.3) is 0 Å². The van der Waals surface area contributed by atoms with Crippen LogP contribution < -0.4 is 0 Å². The van der Waals surface area contributed by atoms with E-state index >= 15 is 0 Å². The maximum absolute atomic E-state index is 8.80. The minimum absolute atomic E-state index is 0.318. The highest BCUT2D eigenvalue weighted by atomic mass is 16.2. The molecule has 1 unspecified atom stereocenters. The van der Waals surface area contributed by atoms with Gasteiger partial charge in [-0.15, -0.1) is 0 Å². The van der Waals surface area contributed by atoms with E-state index in [-0.39, 0.29) is 0 Å². The Kier molecular flexibility index (Phi) is 3.97. The van der Waals surface area contributed by atoms with E-state index in [9.17, 15) is 0 Å². The van der Waals surface area contributed by atoms with Gasteiger partial charge in [0.1, 0.15) is 0 Å². The number of rotatable bonds is 4. The van der Waals surface area contributed by atoms with E-state index in [0.29, 0.717) is 12.6 Å². The Morgan fingerprint density at radius 3 is 2.94 bits per heavy atom. The molecule has 0 radical (unpaired) electrons. The highest BCUT2D eigenvalue weighted by Crippen LogP contribution is 2.28. The van der Waals surface area contributed by atoms with Gasteiger partial charge >= 0.3 is 0 Å². The molecule has 88 valence electrons. The van der Waals surface area contributed by atoms with Crippen LogP contribution in [0.5, 0.6) is 0 Å². The zero-order chi connectivity index (χ0) is 11.4. The first-order chi connectivity index (χ1) is 7.83. The number of aliphatic hydroxyl groups is 1. The summed E-state index contributed by atoms with van der Waals surface area (Å²) in [7, 11) is 0. The Morgan fingerprint density at radius 1 is 1.31 bits per heavy atom. The van der Waals surface area contributed by atoms with Gasteiger partial charge in [-0.1, -0.05) is 24.3 Å². The van der Waals surface area contributed by atoms with Crippen LogP contribution in [-0.2, 0) is 6.42 Å². The summed E-state index contributed by atoms with van der Waals surface area (Å²) in [6.45, 7) is 4.87. The summed E-state index contributed by atoms with van der Waals surface area (Å²) in [4.78, 5) is 2.53. The molecule has 1 atom stereocenters. The van der Waals surface area contributed by atoms with Crippen molar-refractivity contribution in [3.05, 3.63) is 35.4 Å². The first kappa shape index (κ1) is 11.6. The van der Waals surface area contributed by atoms with E-state index in [2.05, 4.69) is 36.1 Å². The second-order valence-electron chi connectivity index (χ2n) is 4.59. The van der Waals surface area contributed by atoms with Crippen molar-refractivity contribution in [1.82, 2.24) is 4.90 Å². The van der Waals surface area contributed by atoms with E-state index in [1.165, 1.54) is 17.5 Å². The predicted octanol–water partition coefficient (Wildman–Crippen LogP) is 2.38. The van der Waals surface area contributed by atoms with Crippen LogP contribution in [0.3, 0.4) is 0 Å². The molecule has 2 heteroatoms. The van der Waals surface area contributed by atoms with Crippen LogP contribution in [0.2, 0.25) is 0 Å². The highest BCUT2D eigenvalue weighted by Gasteiger charge is 2.22. The van der Waals surface area contributed by atoms with Gasteiger partial charge in [0.25, 0.3) is 0 Å². The van der Waals surface area contributed by atoms with Crippen LogP contribution >= 0.6 is 0 Å². The van der Waals surface area contributed by atoms with Crippen molar-refractivity contribution in [3.8, 4) is 0 Å². The first-order valence-electron chi connectivity index (χ1n) is 6.25. The normalized spacial score (nSPS) is 20.8. The maximum Gasteiger partial charge on any atom is 0.0431 e. The van der Waals surface area contributed by atoms with Gasteiger partial charge in [-0.25, -0.2) is 0 Å². The molecule has 0 saturated heterocycles. The minimum atomic E-state index is 0.318. The predicted molar refractivity (Wildman–Crippen MR) is 66.5 cm³/mol. The zero-order valence-electron chi connectivity index (χ0n) is 10.0. The smallest absolute Gasteiger partial charge is 0.0431 e. The van der Waals surface area contributed by atoms with Crippen molar-refractivity contribution in [2.45, 2.75) is 32.2 Å². The van der Waals surface area contributed by atoms with E-state index in [1.807, 2.05) is 0 Å². The minimum Gasteiger partial charge on any atom is -0.396 e. The number of hydrogen-bond donors (Lipinski definition) is 1. The monoisotopic (exact) mass is 219 g/mol. The largest absolute Gasteiger partial charge is 0.396 e. The Hall–Kier alpha value is -0.860. The van der Waals surface area contributed by atoms with Crippen molar-refractivity contribution in [2.24, 2.45) is 0 Å². The van der Waals surface area contributed by atoms with Gasteiger partial charge in [-0.2, -0.15) is 0 Å². The molecule has 0 spiro atoms. The van der Waals surface area contributed by atoms with Gasteiger partial charge in [-0.3, -0.25) is 4.90 Å². The first-order valence-corrected chi connectivity index (χ1v) is 6.25. The quantitative estimate of drug-likeness (QED) is 0.786. The lowest BCUT2D eigenvalue weighted by Gasteiger charge is -2.35. The summed E-state index contributed by atoms with van der Waals surface area (Å²) < 4.78 is 0. The fraction of sp³-hybridized carbons (Fsp3) is 0.571. The summed E-state index contributed by atoms with van der Waals surface area (Å²) in [6, 6.07) is 9.29. The Morgan fingerprint density at radius 2 is 2.12 bits per heavy atom. The molecule has 1 aromatic carbocycles. The molecular formula is C14H21NO. The van der Waals surface area contributed by atoms with E-state index < -0.39 is 0 Å². The molecule has 0 amide bonds. The molecule has 0 aromatic heterocycles. The number of fused-ring (bicyclic) bond motifs is 1. The Bertz CT molecular complexity index is 337. The van der Waals surface area contributed by atoms with Gasteiger partial charge in [0.05, 0.1) is 0 Å². The van der Waals surface area contributed by atoms with Crippen LogP contribution in [0.15, 0.2) is 24.3 Å². The van der Waals surface area contributed by atoms with E-state index in [4.69, 9.17) is 5.11 Å². The van der Waals surface area contributed by atoms with Crippen LogP contribution in [0.1, 0.15) is 36.9 Å². The summed E-state index contributed by atoms with van der Waals surface area (Å²) in [6.07, 6.45) is 3.19. The van der Waals surface area contributed by atoms with Crippen molar-refractivity contribution < 1.29 is 5.11 Å². The third-order valence-corrected chi connectivity index (χ3v) is 3.57. The molecule has 0 aliphatic carbocycles. The molecule has 1 N–H and O–H groups in total. The third-order valence-electron chi connectivity index (χ3n) is 3.57. The lowest BCUT2D eigenvalue weighted by molar-refractivity contribution is 0.186. The van der Waals surface area contributed by atoms with Crippen molar-refractivity contribution >= 4 is 0 Å². The standard InChI is InChI=1S/C14H21NO/c1-12-14-7-3-2-6-13(14)8-10-15(12)9-4-5-11-16/h2-3,6-7,12,16H,4-5,8-11H2,1H3. The fourth-order valence-electron chi connectivity index (χ4n) is 2.56. The number of aliphatic hydroxyl groups excluding tert-OH is 1. The number of hydrogen-bond acceptors (Lipinski definition) is 2. The Labute approximate surface area is 97.9 Å². The molecule has 16 heavy (non-hydrogen) atoms. The summed E-state index contributed by atoms with van der Waals surface area (Å²) in [5.41, 5.74) is 2.99. The number of unbranched alkanes of at least 4 members (excludes halogenated alkanes) is 1. The maximum atomic E-state index is 8.80. The molecule has 2 nitrogen and oxygen atoms in total. The SMILES string of the molecule is CC1c2ccccc2CCN1CCCCO. The molecule has 0 fully saturated rings. The van der Waals surface area contributed by atoms with Crippen LogP contribution in [0.4, 0.5) is 0 Å². The summed E-state index contributed by atoms with van der Waals surface area (Å²) >= 11 is 0. The molecule has 0 saturated carbocycles. The number of nitrogens with zero attached hydrogens (tertiary/aromatic N) is 1. The van der Waals surface area contributed by atoms with E-state index in [1.54, 1.807) is 0 Å². The average Bonchev–Trinajstić information content (AvgIpc) is 2.33. The molecule has 2 rings (SSSR count).